The molecular formula is C26H30N4O6S. The Morgan fingerprint density at radius 3 is 2.46 bits per heavy atom. The van der Waals surface area contributed by atoms with Crippen LogP contribution in [0.1, 0.15) is 57.6 Å². The van der Waals surface area contributed by atoms with Gasteiger partial charge in [0.1, 0.15) is 5.75 Å². The highest BCUT2D eigenvalue weighted by atomic mass is 32.2. The van der Waals surface area contributed by atoms with E-state index in [0.29, 0.717) is 17.5 Å². The van der Waals surface area contributed by atoms with Crippen LogP contribution in [0.15, 0.2) is 41.6 Å². The van der Waals surface area contributed by atoms with Gasteiger partial charge in [0.25, 0.3) is 0 Å². The van der Waals surface area contributed by atoms with Gasteiger partial charge in [-0.2, -0.15) is 0 Å². The summed E-state index contributed by atoms with van der Waals surface area (Å²) in [7, 11) is 2.48. The van der Waals surface area contributed by atoms with E-state index in [1.807, 2.05) is 50.5 Å². The number of nitrogens with one attached hydrogen (secondary N) is 1. The number of hydrogen-bond acceptors (Lipinski definition) is 9. The van der Waals surface area contributed by atoms with Crippen molar-refractivity contribution in [3.8, 4) is 5.75 Å². The van der Waals surface area contributed by atoms with Crippen LogP contribution in [0.2, 0.25) is 0 Å². The maximum absolute atomic E-state index is 12.8. The van der Waals surface area contributed by atoms with E-state index in [4.69, 9.17) is 14.2 Å². The zero-order valence-corrected chi connectivity index (χ0v) is 22.5. The average Bonchev–Trinajstić information content (AvgIpc) is 3.32. The Bertz CT molecular complexity index is 1310. The molecule has 3 rings (SSSR count). The molecule has 0 saturated heterocycles. The molecule has 3 aromatic rings. The van der Waals surface area contributed by atoms with E-state index in [9.17, 15) is 14.4 Å². The monoisotopic (exact) mass is 526 g/mol. The summed E-state index contributed by atoms with van der Waals surface area (Å²) < 4.78 is 17.6. The molecule has 196 valence electrons. The number of nitrogens with zero attached hydrogens (tertiary/aromatic N) is 3. The van der Waals surface area contributed by atoms with Gasteiger partial charge >= 0.3 is 11.9 Å². The van der Waals surface area contributed by atoms with Gasteiger partial charge in [-0.25, -0.2) is 9.59 Å². The summed E-state index contributed by atoms with van der Waals surface area (Å²) in [6.45, 7) is 8.49. The van der Waals surface area contributed by atoms with E-state index in [1.165, 1.54) is 44.2 Å². The second-order valence-electron chi connectivity index (χ2n) is 8.12. The highest BCUT2D eigenvalue weighted by Crippen LogP contribution is 2.28. The lowest BCUT2D eigenvalue weighted by Crippen LogP contribution is -2.18. The van der Waals surface area contributed by atoms with Crippen molar-refractivity contribution in [2.45, 2.75) is 45.5 Å². The number of carbonyl (C=O) groups is 3. The zero-order chi connectivity index (χ0) is 27.1. The third-order valence-corrected chi connectivity index (χ3v) is 6.70. The van der Waals surface area contributed by atoms with Gasteiger partial charge in [-0.1, -0.05) is 23.9 Å². The summed E-state index contributed by atoms with van der Waals surface area (Å²) >= 11 is 1.20. The molecule has 11 heteroatoms. The molecule has 10 nitrogen and oxygen atoms in total. The van der Waals surface area contributed by atoms with Gasteiger partial charge in [-0.05, 0) is 63.1 Å². The van der Waals surface area contributed by atoms with Crippen molar-refractivity contribution in [2.24, 2.45) is 0 Å². The van der Waals surface area contributed by atoms with E-state index in [-0.39, 0.29) is 28.7 Å². The Labute approximate surface area is 219 Å². The Balaban J connectivity index is 1.73. The van der Waals surface area contributed by atoms with Crippen molar-refractivity contribution in [1.29, 1.82) is 0 Å². The first-order valence-corrected chi connectivity index (χ1v) is 12.6. The van der Waals surface area contributed by atoms with Crippen molar-refractivity contribution in [3.05, 3.63) is 64.5 Å². The van der Waals surface area contributed by atoms with E-state index >= 15 is 0 Å². The van der Waals surface area contributed by atoms with Crippen molar-refractivity contribution in [1.82, 2.24) is 14.8 Å². The summed E-state index contributed by atoms with van der Waals surface area (Å²) in [6.07, 6.45) is -0.361. The summed E-state index contributed by atoms with van der Waals surface area (Å²) in [4.78, 5) is 36.8. The lowest BCUT2D eigenvalue weighted by atomic mass is 10.1. The Morgan fingerprint density at radius 2 is 1.78 bits per heavy atom. The minimum Gasteiger partial charge on any atom is -0.482 e. The first-order valence-electron chi connectivity index (χ1n) is 11.6. The predicted molar refractivity (Wildman–Crippen MR) is 139 cm³/mol. The standard InChI is InChI=1S/C26H30N4O6S/c1-7-30-23(17(4)36-21-10-8-9-15(2)16(21)3)28-29-26(30)37-14-22(31)27-20-13-18(24(32)34-5)11-12-19(20)25(33)35-6/h8-13,17H,7,14H2,1-6H3,(H,27,31). The summed E-state index contributed by atoms with van der Waals surface area (Å²) in [6, 6.07) is 10.1. The molecule has 1 aromatic heterocycles. The molecule has 0 fully saturated rings. The maximum Gasteiger partial charge on any atom is 0.339 e. The number of carbonyl (C=O) groups excluding carboxylic acids is 3. The number of amides is 1. The number of methoxy groups -OCH3 is 2. The number of thioether (sulfide) groups is 1. The molecule has 0 radical (unpaired) electrons. The molecule has 0 aliphatic heterocycles. The fourth-order valence-electron chi connectivity index (χ4n) is 3.60. The largest absolute Gasteiger partial charge is 0.482 e. The lowest BCUT2D eigenvalue weighted by molar-refractivity contribution is -0.113. The SMILES string of the molecule is CCn1c(SCC(=O)Nc2cc(C(=O)OC)ccc2C(=O)OC)nnc1C(C)Oc1cccc(C)c1C. The van der Waals surface area contributed by atoms with E-state index in [0.717, 1.165) is 16.9 Å². The average molecular weight is 527 g/mol. The van der Waals surface area contributed by atoms with Gasteiger partial charge in [0.2, 0.25) is 5.91 Å². The second-order valence-corrected chi connectivity index (χ2v) is 9.07. The predicted octanol–water partition coefficient (Wildman–Crippen LogP) is 4.36. The molecule has 0 aliphatic carbocycles. The number of benzene rings is 2. The van der Waals surface area contributed by atoms with Gasteiger partial charge < -0.3 is 24.1 Å². The molecule has 1 atom stereocenters. The first kappa shape index (κ1) is 27.7. The van der Waals surface area contributed by atoms with Crippen LogP contribution >= 0.6 is 11.8 Å². The van der Waals surface area contributed by atoms with E-state index < -0.39 is 17.8 Å². The Hall–Kier alpha value is -3.86. The van der Waals surface area contributed by atoms with E-state index in [2.05, 4.69) is 15.5 Å². The molecule has 37 heavy (non-hydrogen) atoms. The van der Waals surface area contributed by atoms with Crippen molar-refractivity contribution in [2.75, 3.05) is 25.3 Å². The van der Waals surface area contributed by atoms with Crippen LogP contribution < -0.4 is 10.1 Å². The molecule has 1 heterocycles. The Kier molecular flexibility index (Phi) is 9.29. The molecule has 2 aromatic carbocycles. The number of rotatable bonds is 10. The van der Waals surface area contributed by atoms with Crippen LogP contribution in [0.25, 0.3) is 0 Å². The van der Waals surface area contributed by atoms with Crippen LogP contribution in [-0.2, 0) is 20.8 Å². The van der Waals surface area contributed by atoms with Crippen molar-refractivity contribution < 1.29 is 28.6 Å². The quantitative estimate of drug-likeness (QED) is 0.303. The van der Waals surface area contributed by atoms with Crippen LogP contribution in [0.3, 0.4) is 0 Å². The number of esters is 2. The van der Waals surface area contributed by atoms with Crippen LogP contribution in [-0.4, -0.2) is 52.6 Å². The minimum atomic E-state index is -0.646. The molecule has 1 unspecified atom stereocenters. The number of anilines is 1. The summed E-state index contributed by atoms with van der Waals surface area (Å²) in [5.41, 5.74) is 2.65. The normalized spacial score (nSPS) is 11.5. The van der Waals surface area contributed by atoms with Crippen LogP contribution in [0, 0.1) is 13.8 Å². The van der Waals surface area contributed by atoms with Crippen molar-refractivity contribution in [3.63, 3.8) is 0 Å². The molecular weight excluding hydrogens is 496 g/mol. The summed E-state index contributed by atoms with van der Waals surface area (Å²) in [5.74, 6) is -0.223. The molecule has 1 N–H and O–H groups in total. The molecule has 0 bridgehead atoms. The molecule has 0 spiro atoms. The zero-order valence-electron chi connectivity index (χ0n) is 21.7. The minimum absolute atomic E-state index is 0.00652. The maximum atomic E-state index is 12.8. The van der Waals surface area contributed by atoms with E-state index in [1.54, 1.807) is 0 Å². The van der Waals surface area contributed by atoms with Gasteiger partial charge in [0.15, 0.2) is 17.1 Å². The van der Waals surface area contributed by atoms with Crippen LogP contribution in [0.4, 0.5) is 5.69 Å². The lowest BCUT2D eigenvalue weighted by Gasteiger charge is -2.17. The van der Waals surface area contributed by atoms with Crippen LogP contribution in [0.5, 0.6) is 5.75 Å². The first-order chi connectivity index (χ1) is 17.7. The molecule has 0 saturated carbocycles. The second kappa shape index (κ2) is 12.4. The Morgan fingerprint density at radius 1 is 1.05 bits per heavy atom. The third-order valence-electron chi connectivity index (χ3n) is 5.74. The fraction of sp³-hybridized carbons (Fsp3) is 0.346. The van der Waals surface area contributed by atoms with Gasteiger partial charge in [0.05, 0.1) is 36.8 Å². The third kappa shape index (κ3) is 6.48. The smallest absolute Gasteiger partial charge is 0.339 e. The number of aryl methyl sites for hydroxylation is 1. The van der Waals surface area contributed by atoms with Crippen molar-refractivity contribution >= 4 is 35.3 Å². The topological polar surface area (TPSA) is 122 Å². The molecule has 1 amide bonds. The number of aromatic nitrogens is 3. The fourth-order valence-corrected chi connectivity index (χ4v) is 4.41. The van der Waals surface area contributed by atoms with Gasteiger partial charge in [-0.3, -0.25) is 4.79 Å². The summed E-state index contributed by atoms with van der Waals surface area (Å²) in [5, 5.41) is 11.8. The van der Waals surface area contributed by atoms with Gasteiger partial charge in [0, 0.05) is 6.54 Å². The highest BCUT2D eigenvalue weighted by Gasteiger charge is 2.21. The van der Waals surface area contributed by atoms with Gasteiger partial charge in [-0.15, -0.1) is 10.2 Å². The number of ether oxygens (including phenoxy) is 3. The number of hydrogen-bond donors (Lipinski definition) is 1. The highest BCUT2D eigenvalue weighted by molar-refractivity contribution is 7.99. The molecule has 0 aliphatic rings.